The lowest BCUT2D eigenvalue weighted by Crippen LogP contribution is -2.25. The molecule has 18 heavy (non-hydrogen) atoms. The molecule has 2 rings (SSSR count). The fourth-order valence-corrected chi connectivity index (χ4v) is 4.49. The van der Waals surface area contributed by atoms with Gasteiger partial charge in [-0.15, -0.1) is 6.58 Å². The SMILES string of the molecule is C=CCC1CCC(C2CCC(CCC)CC2)CC1. The van der Waals surface area contributed by atoms with Crippen molar-refractivity contribution in [1.82, 2.24) is 0 Å². The molecule has 0 saturated heterocycles. The van der Waals surface area contributed by atoms with Crippen molar-refractivity contribution in [1.29, 1.82) is 0 Å². The van der Waals surface area contributed by atoms with Crippen molar-refractivity contribution in [3.63, 3.8) is 0 Å². The van der Waals surface area contributed by atoms with E-state index in [0.29, 0.717) is 0 Å². The van der Waals surface area contributed by atoms with E-state index in [2.05, 4.69) is 19.6 Å². The molecule has 104 valence electrons. The zero-order valence-electron chi connectivity index (χ0n) is 12.4. The molecule has 0 radical (unpaired) electrons. The Bertz CT molecular complexity index is 226. The van der Waals surface area contributed by atoms with E-state index in [-0.39, 0.29) is 0 Å². The maximum Gasteiger partial charge on any atom is -0.0325 e. The number of allylic oxidation sites excluding steroid dienone is 1. The molecule has 0 bridgehead atoms. The van der Waals surface area contributed by atoms with E-state index in [1.165, 1.54) is 57.8 Å². The molecule has 0 amide bonds. The molecule has 0 aliphatic heterocycles. The van der Waals surface area contributed by atoms with E-state index in [1.54, 1.807) is 12.8 Å². The van der Waals surface area contributed by atoms with Gasteiger partial charge in [0.25, 0.3) is 0 Å². The summed E-state index contributed by atoms with van der Waals surface area (Å²) < 4.78 is 0. The van der Waals surface area contributed by atoms with E-state index >= 15 is 0 Å². The van der Waals surface area contributed by atoms with Crippen molar-refractivity contribution < 1.29 is 0 Å². The first-order valence-electron chi connectivity index (χ1n) is 8.44. The summed E-state index contributed by atoms with van der Waals surface area (Å²) in [6, 6.07) is 0. The lowest BCUT2D eigenvalue weighted by atomic mass is 9.68. The van der Waals surface area contributed by atoms with E-state index in [4.69, 9.17) is 0 Å². The van der Waals surface area contributed by atoms with Crippen LogP contribution in [0.1, 0.15) is 77.6 Å². The van der Waals surface area contributed by atoms with Gasteiger partial charge in [0, 0.05) is 0 Å². The molecule has 2 aliphatic rings. The lowest BCUT2D eigenvalue weighted by Gasteiger charge is -2.37. The lowest BCUT2D eigenvalue weighted by molar-refractivity contribution is 0.144. The highest BCUT2D eigenvalue weighted by Crippen LogP contribution is 2.42. The standard InChI is InChI=1S/C18H32/c1-3-5-15-7-11-17(12-8-15)18-13-9-16(6-4-2)10-14-18/h3,15-18H,1,4-14H2,2H3. The molecule has 2 aliphatic carbocycles. The van der Waals surface area contributed by atoms with E-state index in [1.807, 2.05) is 0 Å². The molecule has 0 heteroatoms. The Labute approximate surface area is 114 Å². The van der Waals surface area contributed by atoms with Crippen LogP contribution in [0.25, 0.3) is 0 Å². The molecule has 2 saturated carbocycles. The average molecular weight is 248 g/mol. The van der Waals surface area contributed by atoms with Crippen LogP contribution in [-0.2, 0) is 0 Å². The molecular formula is C18H32. The Hall–Kier alpha value is -0.260. The predicted molar refractivity (Wildman–Crippen MR) is 80.6 cm³/mol. The van der Waals surface area contributed by atoms with Crippen LogP contribution in [0.5, 0.6) is 0 Å². The molecule has 0 unspecified atom stereocenters. The van der Waals surface area contributed by atoms with Crippen LogP contribution in [0, 0.1) is 23.7 Å². The Morgan fingerprint density at radius 3 is 1.78 bits per heavy atom. The van der Waals surface area contributed by atoms with Crippen molar-refractivity contribution in [2.24, 2.45) is 23.7 Å². The van der Waals surface area contributed by atoms with Gasteiger partial charge in [0.05, 0.1) is 0 Å². The highest BCUT2D eigenvalue weighted by atomic mass is 14.4. The zero-order chi connectivity index (χ0) is 12.8. The zero-order valence-corrected chi connectivity index (χ0v) is 12.4. The normalized spacial score (nSPS) is 37.4. The minimum absolute atomic E-state index is 0.968. The third kappa shape index (κ3) is 3.87. The summed E-state index contributed by atoms with van der Waals surface area (Å²) in [5.41, 5.74) is 0. The first-order chi connectivity index (χ1) is 8.83. The quantitative estimate of drug-likeness (QED) is 0.525. The Kier molecular flexibility index (Phi) is 5.79. The van der Waals surface area contributed by atoms with Gasteiger partial charge in [0.15, 0.2) is 0 Å². The van der Waals surface area contributed by atoms with Gasteiger partial charge in [-0.1, -0.05) is 38.7 Å². The van der Waals surface area contributed by atoms with Crippen molar-refractivity contribution in [2.75, 3.05) is 0 Å². The number of rotatable bonds is 5. The van der Waals surface area contributed by atoms with Crippen LogP contribution < -0.4 is 0 Å². The second kappa shape index (κ2) is 7.36. The first-order valence-corrected chi connectivity index (χ1v) is 8.44. The minimum Gasteiger partial charge on any atom is -0.103 e. The van der Waals surface area contributed by atoms with Crippen LogP contribution >= 0.6 is 0 Å². The third-order valence-electron chi connectivity index (χ3n) is 5.65. The van der Waals surface area contributed by atoms with Gasteiger partial charge in [-0.2, -0.15) is 0 Å². The minimum atomic E-state index is 0.968. The van der Waals surface area contributed by atoms with Gasteiger partial charge in [-0.3, -0.25) is 0 Å². The van der Waals surface area contributed by atoms with Crippen LogP contribution in [0.4, 0.5) is 0 Å². The van der Waals surface area contributed by atoms with E-state index < -0.39 is 0 Å². The highest BCUT2D eigenvalue weighted by Gasteiger charge is 2.30. The molecular weight excluding hydrogens is 216 g/mol. The van der Waals surface area contributed by atoms with Gasteiger partial charge < -0.3 is 0 Å². The predicted octanol–water partition coefficient (Wildman–Crippen LogP) is 5.98. The topological polar surface area (TPSA) is 0 Å². The van der Waals surface area contributed by atoms with Gasteiger partial charge in [0.1, 0.15) is 0 Å². The summed E-state index contributed by atoms with van der Waals surface area (Å²) in [5.74, 6) is 4.20. The van der Waals surface area contributed by atoms with Crippen LogP contribution in [0.15, 0.2) is 12.7 Å². The van der Waals surface area contributed by atoms with Crippen LogP contribution in [-0.4, -0.2) is 0 Å². The fourth-order valence-electron chi connectivity index (χ4n) is 4.49. The molecule has 0 heterocycles. The van der Waals surface area contributed by atoms with Crippen LogP contribution in [0.3, 0.4) is 0 Å². The van der Waals surface area contributed by atoms with Crippen LogP contribution in [0.2, 0.25) is 0 Å². The summed E-state index contributed by atoms with van der Waals surface area (Å²) >= 11 is 0. The van der Waals surface area contributed by atoms with Crippen molar-refractivity contribution in [3.05, 3.63) is 12.7 Å². The molecule has 0 spiro atoms. The largest absolute Gasteiger partial charge is 0.103 e. The van der Waals surface area contributed by atoms with E-state index in [9.17, 15) is 0 Å². The van der Waals surface area contributed by atoms with Crippen molar-refractivity contribution in [3.8, 4) is 0 Å². The van der Waals surface area contributed by atoms with E-state index in [0.717, 1.165) is 23.7 Å². The van der Waals surface area contributed by atoms with Gasteiger partial charge in [-0.25, -0.2) is 0 Å². The number of hydrogen-bond donors (Lipinski definition) is 0. The molecule has 0 N–H and O–H groups in total. The summed E-state index contributed by atoms with van der Waals surface area (Å²) in [5, 5.41) is 0. The van der Waals surface area contributed by atoms with Gasteiger partial charge >= 0.3 is 0 Å². The summed E-state index contributed by atoms with van der Waals surface area (Å²) in [7, 11) is 0. The summed E-state index contributed by atoms with van der Waals surface area (Å²) in [6.45, 7) is 6.23. The third-order valence-corrected chi connectivity index (χ3v) is 5.65. The smallest absolute Gasteiger partial charge is 0.0325 e. The maximum absolute atomic E-state index is 3.89. The second-order valence-corrected chi connectivity index (χ2v) is 6.87. The molecule has 2 fully saturated rings. The summed E-state index contributed by atoms with van der Waals surface area (Å²) in [4.78, 5) is 0. The van der Waals surface area contributed by atoms with Crippen molar-refractivity contribution >= 4 is 0 Å². The molecule has 0 aromatic heterocycles. The molecule has 0 aromatic carbocycles. The maximum atomic E-state index is 3.89. The Balaban J connectivity index is 1.69. The average Bonchev–Trinajstić information content (AvgIpc) is 2.41. The van der Waals surface area contributed by atoms with Gasteiger partial charge in [0.2, 0.25) is 0 Å². The summed E-state index contributed by atoms with van der Waals surface area (Å²) in [6.07, 6.45) is 18.4. The molecule has 0 aromatic rings. The molecule has 0 atom stereocenters. The Morgan fingerprint density at radius 1 is 0.833 bits per heavy atom. The number of hydrogen-bond acceptors (Lipinski definition) is 0. The van der Waals surface area contributed by atoms with Crippen molar-refractivity contribution in [2.45, 2.75) is 77.6 Å². The Morgan fingerprint density at radius 2 is 1.33 bits per heavy atom. The molecule has 0 nitrogen and oxygen atoms in total. The highest BCUT2D eigenvalue weighted by molar-refractivity contribution is 4.84. The first kappa shape index (κ1) is 14.2. The second-order valence-electron chi connectivity index (χ2n) is 6.87. The van der Waals surface area contributed by atoms with Gasteiger partial charge in [-0.05, 0) is 68.6 Å². The monoisotopic (exact) mass is 248 g/mol. The fraction of sp³-hybridized carbons (Fsp3) is 0.889.